The first-order valence-corrected chi connectivity index (χ1v) is 11.9. The zero-order valence-electron chi connectivity index (χ0n) is 20.7. The standard InChI is InChI=1S/C23H44N2O7/c1-6-22(26)31-17-20(3)29-16-19(2)30-18-21(4)32-23(27)8-11-24(5)9-7-10-25-12-14-28-15-13-25/h19-21H,6-18H2,1-5H3. The normalized spacial score (nSPS) is 17.7. The Morgan fingerprint density at radius 3 is 2.22 bits per heavy atom. The van der Waals surface area contributed by atoms with Gasteiger partial charge in [-0.3, -0.25) is 14.5 Å². The Balaban J connectivity index is 2.05. The summed E-state index contributed by atoms with van der Waals surface area (Å²) in [5.41, 5.74) is 0. The molecule has 0 bridgehead atoms. The predicted octanol–water partition coefficient (Wildman–Crippen LogP) is 1.73. The lowest BCUT2D eigenvalue weighted by Crippen LogP contribution is -2.38. The topological polar surface area (TPSA) is 86.8 Å². The van der Waals surface area contributed by atoms with Crippen molar-refractivity contribution in [2.45, 2.75) is 65.3 Å². The summed E-state index contributed by atoms with van der Waals surface area (Å²) >= 11 is 0. The molecule has 1 saturated heterocycles. The minimum atomic E-state index is -0.320. The molecule has 9 nitrogen and oxygen atoms in total. The van der Waals surface area contributed by atoms with Crippen LogP contribution in [0, 0.1) is 0 Å². The second kappa shape index (κ2) is 17.2. The third kappa shape index (κ3) is 14.7. The summed E-state index contributed by atoms with van der Waals surface area (Å²) in [6, 6.07) is 0. The maximum absolute atomic E-state index is 12.1. The first kappa shape index (κ1) is 28.8. The van der Waals surface area contributed by atoms with E-state index in [9.17, 15) is 9.59 Å². The van der Waals surface area contributed by atoms with Crippen LogP contribution in [0.4, 0.5) is 0 Å². The lowest BCUT2D eigenvalue weighted by Gasteiger charge is -2.27. The number of ether oxygens (including phenoxy) is 5. The Hall–Kier alpha value is -1.26. The Labute approximate surface area is 193 Å². The highest BCUT2D eigenvalue weighted by atomic mass is 16.6. The quantitative estimate of drug-likeness (QED) is 0.301. The van der Waals surface area contributed by atoms with Gasteiger partial charge in [-0.25, -0.2) is 0 Å². The molecule has 0 aromatic carbocycles. The van der Waals surface area contributed by atoms with Crippen LogP contribution in [0.2, 0.25) is 0 Å². The summed E-state index contributed by atoms with van der Waals surface area (Å²) in [6.45, 7) is 14.6. The molecule has 188 valence electrons. The van der Waals surface area contributed by atoms with Gasteiger partial charge in [-0.1, -0.05) is 6.92 Å². The monoisotopic (exact) mass is 460 g/mol. The van der Waals surface area contributed by atoms with Crippen molar-refractivity contribution in [2.24, 2.45) is 0 Å². The van der Waals surface area contributed by atoms with Crippen molar-refractivity contribution in [3.8, 4) is 0 Å². The van der Waals surface area contributed by atoms with Gasteiger partial charge in [0.1, 0.15) is 12.7 Å². The second-order valence-corrected chi connectivity index (χ2v) is 8.49. The predicted molar refractivity (Wildman–Crippen MR) is 122 cm³/mol. The molecule has 0 aliphatic carbocycles. The van der Waals surface area contributed by atoms with E-state index in [-0.39, 0.29) is 36.9 Å². The number of rotatable bonds is 17. The minimum Gasteiger partial charge on any atom is -0.463 e. The zero-order valence-corrected chi connectivity index (χ0v) is 20.7. The molecule has 0 saturated carbocycles. The van der Waals surface area contributed by atoms with Crippen LogP contribution in [-0.2, 0) is 33.3 Å². The summed E-state index contributed by atoms with van der Waals surface area (Å²) in [4.78, 5) is 27.8. The summed E-state index contributed by atoms with van der Waals surface area (Å²) in [5, 5.41) is 0. The van der Waals surface area contributed by atoms with Gasteiger partial charge in [0.15, 0.2) is 0 Å². The Kier molecular flexibility index (Phi) is 15.5. The maximum atomic E-state index is 12.1. The average Bonchev–Trinajstić information content (AvgIpc) is 2.79. The molecule has 3 unspecified atom stereocenters. The summed E-state index contributed by atoms with van der Waals surface area (Å²) in [5.74, 6) is -0.448. The highest BCUT2D eigenvalue weighted by molar-refractivity contribution is 5.69. The third-order valence-corrected chi connectivity index (χ3v) is 5.15. The first-order chi connectivity index (χ1) is 15.3. The van der Waals surface area contributed by atoms with Crippen molar-refractivity contribution in [1.29, 1.82) is 0 Å². The smallest absolute Gasteiger partial charge is 0.307 e. The lowest BCUT2D eigenvalue weighted by molar-refractivity contribution is -0.154. The van der Waals surface area contributed by atoms with Crippen LogP contribution in [-0.4, -0.2) is 113 Å². The van der Waals surface area contributed by atoms with E-state index in [0.717, 1.165) is 45.8 Å². The number of nitrogens with zero attached hydrogens (tertiary/aromatic N) is 2. The molecule has 32 heavy (non-hydrogen) atoms. The number of esters is 2. The van der Waals surface area contributed by atoms with E-state index in [1.54, 1.807) is 6.92 Å². The molecule has 0 radical (unpaired) electrons. The van der Waals surface area contributed by atoms with E-state index in [1.165, 1.54) is 0 Å². The number of morpholine rings is 1. The van der Waals surface area contributed by atoms with Crippen LogP contribution in [0.3, 0.4) is 0 Å². The molecule has 1 rings (SSSR count). The van der Waals surface area contributed by atoms with E-state index < -0.39 is 0 Å². The van der Waals surface area contributed by atoms with Gasteiger partial charge in [-0.2, -0.15) is 0 Å². The molecule has 0 aromatic rings. The summed E-state index contributed by atoms with van der Waals surface area (Å²) in [6.07, 6.45) is 1.13. The molecular weight excluding hydrogens is 416 g/mol. The molecule has 1 aliphatic heterocycles. The molecule has 0 aromatic heterocycles. The fourth-order valence-corrected chi connectivity index (χ4v) is 3.11. The zero-order chi connectivity index (χ0) is 23.8. The SMILES string of the molecule is CCC(=O)OCC(C)OCC(C)OCC(C)OC(=O)CCN(C)CCCN1CCOCC1. The van der Waals surface area contributed by atoms with Crippen LogP contribution in [0.15, 0.2) is 0 Å². The van der Waals surface area contributed by atoms with E-state index >= 15 is 0 Å². The first-order valence-electron chi connectivity index (χ1n) is 11.9. The number of hydrogen-bond acceptors (Lipinski definition) is 9. The fraction of sp³-hybridized carbons (Fsp3) is 0.913. The van der Waals surface area contributed by atoms with Gasteiger partial charge in [-0.05, 0) is 47.3 Å². The van der Waals surface area contributed by atoms with Gasteiger partial charge >= 0.3 is 11.9 Å². The molecule has 9 heteroatoms. The van der Waals surface area contributed by atoms with Crippen molar-refractivity contribution >= 4 is 11.9 Å². The van der Waals surface area contributed by atoms with E-state index in [0.29, 0.717) is 32.6 Å². The van der Waals surface area contributed by atoms with E-state index in [4.69, 9.17) is 23.7 Å². The molecule has 0 amide bonds. The molecule has 3 atom stereocenters. The molecule has 1 fully saturated rings. The summed E-state index contributed by atoms with van der Waals surface area (Å²) < 4.78 is 27.2. The van der Waals surface area contributed by atoms with Crippen LogP contribution < -0.4 is 0 Å². The van der Waals surface area contributed by atoms with Gasteiger partial charge in [0.05, 0.1) is 45.1 Å². The Bertz CT molecular complexity index is 515. The Morgan fingerprint density at radius 2 is 1.56 bits per heavy atom. The fourth-order valence-electron chi connectivity index (χ4n) is 3.11. The second-order valence-electron chi connectivity index (χ2n) is 8.49. The van der Waals surface area contributed by atoms with Crippen molar-refractivity contribution in [1.82, 2.24) is 9.80 Å². The lowest BCUT2D eigenvalue weighted by atomic mass is 10.3. The third-order valence-electron chi connectivity index (χ3n) is 5.15. The van der Waals surface area contributed by atoms with Crippen LogP contribution >= 0.6 is 0 Å². The maximum Gasteiger partial charge on any atom is 0.307 e. The number of carbonyl (C=O) groups is 2. The summed E-state index contributed by atoms with van der Waals surface area (Å²) in [7, 11) is 2.03. The molecule has 1 aliphatic rings. The van der Waals surface area contributed by atoms with E-state index in [2.05, 4.69) is 9.80 Å². The Morgan fingerprint density at radius 1 is 0.938 bits per heavy atom. The van der Waals surface area contributed by atoms with Crippen molar-refractivity contribution in [3.63, 3.8) is 0 Å². The molecular formula is C23H44N2O7. The molecule has 0 N–H and O–H groups in total. The van der Waals surface area contributed by atoms with Crippen molar-refractivity contribution in [3.05, 3.63) is 0 Å². The molecule has 1 heterocycles. The van der Waals surface area contributed by atoms with Gasteiger partial charge in [-0.15, -0.1) is 0 Å². The van der Waals surface area contributed by atoms with Gasteiger partial charge in [0, 0.05) is 26.1 Å². The number of hydrogen-bond donors (Lipinski definition) is 0. The highest BCUT2D eigenvalue weighted by Gasteiger charge is 2.15. The largest absolute Gasteiger partial charge is 0.463 e. The van der Waals surface area contributed by atoms with Crippen molar-refractivity contribution in [2.75, 3.05) is 72.8 Å². The van der Waals surface area contributed by atoms with Crippen LogP contribution in [0.25, 0.3) is 0 Å². The highest BCUT2D eigenvalue weighted by Crippen LogP contribution is 2.04. The van der Waals surface area contributed by atoms with Crippen molar-refractivity contribution < 1.29 is 33.3 Å². The van der Waals surface area contributed by atoms with Crippen LogP contribution in [0.1, 0.15) is 47.0 Å². The number of carbonyl (C=O) groups excluding carboxylic acids is 2. The minimum absolute atomic E-state index is 0.155. The van der Waals surface area contributed by atoms with Gasteiger partial charge in [0.25, 0.3) is 0 Å². The van der Waals surface area contributed by atoms with Gasteiger partial charge in [0.2, 0.25) is 0 Å². The van der Waals surface area contributed by atoms with Crippen LogP contribution in [0.5, 0.6) is 0 Å². The molecule has 0 spiro atoms. The van der Waals surface area contributed by atoms with Gasteiger partial charge < -0.3 is 28.6 Å². The van der Waals surface area contributed by atoms with E-state index in [1.807, 2.05) is 27.8 Å². The average molecular weight is 461 g/mol.